The molecule has 1 unspecified atom stereocenters. The smallest absolute Gasteiger partial charge is 0.168 e. The van der Waals surface area contributed by atoms with Gasteiger partial charge in [0.2, 0.25) is 0 Å². The SMILES string of the molecule is C=CCO/N=C(\CCC)C1=C(O)CC(c2ccc(SC)cc2)CC1=O. The first-order valence-electron chi connectivity index (χ1n) is 8.50. The lowest BCUT2D eigenvalue weighted by Gasteiger charge is -2.24. The minimum Gasteiger partial charge on any atom is -0.511 e. The highest BCUT2D eigenvalue weighted by molar-refractivity contribution is 7.98. The van der Waals surface area contributed by atoms with Crippen LogP contribution in [0.2, 0.25) is 0 Å². The average Bonchev–Trinajstić information content (AvgIpc) is 2.61. The van der Waals surface area contributed by atoms with Crippen molar-refractivity contribution in [2.45, 2.75) is 43.4 Å². The number of hydrogen-bond acceptors (Lipinski definition) is 5. The third kappa shape index (κ3) is 4.98. The van der Waals surface area contributed by atoms with Gasteiger partial charge in [-0.2, -0.15) is 0 Å². The maximum atomic E-state index is 12.7. The number of carbonyl (C=O) groups is 1. The van der Waals surface area contributed by atoms with E-state index in [4.69, 9.17) is 4.84 Å². The lowest BCUT2D eigenvalue weighted by Crippen LogP contribution is -2.24. The Labute approximate surface area is 153 Å². The standard InChI is InChI=1S/C20H25NO3S/c1-4-6-17(21-24-11-5-2)20-18(22)12-15(13-19(20)23)14-7-9-16(25-3)10-8-14/h5,7-10,15,22H,2,4,6,11-13H2,1,3H3/b21-17+. The molecule has 0 aromatic heterocycles. The number of ketones is 1. The fourth-order valence-electron chi connectivity index (χ4n) is 2.95. The molecule has 0 radical (unpaired) electrons. The summed E-state index contributed by atoms with van der Waals surface area (Å²) in [5, 5.41) is 14.6. The fraction of sp³-hybridized carbons (Fsp3) is 0.400. The van der Waals surface area contributed by atoms with Crippen LogP contribution in [-0.4, -0.2) is 29.5 Å². The van der Waals surface area contributed by atoms with Crippen molar-refractivity contribution in [1.29, 1.82) is 0 Å². The van der Waals surface area contributed by atoms with E-state index in [9.17, 15) is 9.90 Å². The zero-order valence-electron chi connectivity index (χ0n) is 14.8. The molecule has 1 aromatic rings. The van der Waals surface area contributed by atoms with Crippen molar-refractivity contribution in [1.82, 2.24) is 0 Å². The number of thioether (sulfide) groups is 1. The van der Waals surface area contributed by atoms with E-state index in [1.807, 2.05) is 37.4 Å². The number of allylic oxidation sites excluding steroid dienone is 2. The van der Waals surface area contributed by atoms with Crippen LogP contribution in [0.4, 0.5) is 0 Å². The molecule has 0 saturated carbocycles. The number of rotatable bonds is 8. The molecule has 1 aromatic carbocycles. The number of benzene rings is 1. The first-order chi connectivity index (χ1) is 12.1. The van der Waals surface area contributed by atoms with Crippen LogP contribution in [0.15, 0.2) is 58.3 Å². The molecule has 4 nitrogen and oxygen atoms in total. The molecule has 1 atom stereocenters. The molecule has 0 fully saturated rings. The van der Waals surface area contributed by atoms with Crippen LogP contribution in [-0.2, 0) is 9.63 Å². The van der Waals surface area contributed by atoms with Gasteiger partial charge in [0.25, 0.3) is 0 Å². The van der Waals surface area contributed by atoms with Crippen LogP contribution >= 0.6 is 11.8 Å². The van der Waals surface area contributed by atoms with Gasteiger partial charge >= 0.3 is 0 Å². The van der Waals surface area contributed by atoms with Crippen molar-refractivity contribution >= 4 is 23.3 Å². The zero-order valence-corrected chi connectivity index (χ0v) is 15.6. The maximum Gasteiger partial charge on any atom is 0.168 e. The van der Waals surface area contributed by atoms with Gasteiger partial charge in [-0.25, -0.2) is 0 Å². The van der Waals surface area contributed by atoms with E-state index in [1.54, 1.807) is 17.8 Å². The molecule has 0 bridgehead atoms. The number of aliphatic hydroxyl groups excluding tert-OH is 1. The van der Waals surface area contributed by atoms with E-state index in [-0.39, 0.29) is 24.1 Å². The summed E-state index contributed by atoms with van der Waals surface area (Å²) in [5.41, 5.74) is 1.94. The van der Waals surface area contributed by atoms with Crippen LogP contribution < -0.4 is 0 Å². The molecular weight excluding hydrogens is 334 g/mol. The summed E-state index contributed by atoms with van der Waals surface area (Å²) in [4.78, 5) is 19.0. The molecule has 1 N–H and O–H groups in total. The Kier molecular flexibility index (Phi) is 7.31. The zero-order chi connectivity index (χ0) is 18.2. The molecule has 25 heavy (non-hydrogen) atoms. The number of Topliss-reactive ketones (excluding diaryl/α,β-unsaturated/α-hetero) is 1. The molecule has 1 aliphatic rings. The van der Waals surface area contributed by atoms with Gasteiger partial charge in [-0.05, 0) is 36.3 Å². The van der Waals surface area contributed by atoms with Gasteiger partial charge in [0.15, 0.2) is 5.78 Å². The monoisotopic (exact) mass is 359 g/mol. The Hall–Kier alpha value is -2.01. The number of carbonyl (C=O) groups excluding carboxylic acids is 1. The van der Waals surface area contributed by atoms with Crippen LogP contribution in [0, 0.1) is 0 Å². The first-order valence-corrected chi connectivity index (χ1v) is 9.72. The summed E-state index contributed by atoms with van der Waals surface area (Å²) in [5.74, 6) is 0.0471. The second-order valence-corrected chi connectivity index (χ2v) is 6.88. The van der Waals surface area contributed by atoms with Gasteiger partial charge in [0.05, 0.1) is 11.3 Å². The van der Waals surface area contributed by atoms with Crippen LogP contribution in [0.5, 0.6) is 0 Å². The van der Waals surface area contributed by atoms with Gasteiger partial charge in [0.1, 0.15) is 12.4 Å². The topological polar surface area (TPSA) is 58.9 Å². The summed E-state index contributed by atoms with van der Waals surface area (Å²) < 4.78 is 0. The Balaban J connectivity index is 2.23. The summed E-state index contributed by atoms with van der Waals surface area (Å²) in [6.45, 7) is 5.86. The Morgan fingerprint density at radius 3 is 2.68 bits per heavy atom. The first kappa shape index (κ1) is 19.3. The van der Waals surface area contributed by atoms with Gasteiger partial charge in [-0.3, -0.25) is 4.79 Å². The highest BCUT2D eigenvalue weighted by Gasteiger charge is 2.31. The van der Waals surface area contributed by atoms with Crippen molar-refractivity contribution in [2.24, 2.45) is 5.16 Å². The second-order valence-electron chi connectivity index (χ2n) is 6.00. The van der Waals surface area contributed by atoms with E-state index < -0.39 is 0 Å². The number of hydrogen-bond donors (Lipinski definition) is 1. The van der Waals surface area contributed by atoms with Crippen molar-refractivity contribution in [2.75, 3.05) is 12.9 Å². The fourth-order valence-corrected chi connectivity index (χ4v) is 3.36. The number of oxime groups is 1. The minimum atomic E-state index is -0.0721. The van der Waals surface area contributed by atoms with Crippen molar-refractivity contribution in [3.8, 4) is 0 Å². The molecule has 0 heterocycles. The van der Waals surface area contributed by atoms with E-state index in [2.05, 4.69) is 11.7 Å². The second kappa shape index (κ2) is 9.47. The Bertz CT molecular complexity index is 677. The molecule has 0 saturated heterocycles. The van der Waals surface area contributed by atoms with Gasteiger partial charge in [-0.1, -0.05) is 43.3 Å². The molecule has 5 heteroatoms. The normalized spacial score (nSPS) is 18.4. The number of aliphatic hydroxyl groups is 1. The minimum absolute atomic E-state index is 0.00382. The van der Waals surface area contributed by atoms with Crippen molar-refractivity contribution < 1.29 is 14.7 Å². The predicted molar refractivity (Wildman–Crippen MR) is 103 cm³/mol. The molecule has 0 spiro atoms. The lowest BCUT2D eigenvalue weighted by molar-refractivity contribution is -0.116. The third-order valence-electron chi connectivity index (χ3n) is 4.17. The quantitative estimate of drug-likeness (QED) is 0.233. The third-order valence-corrected chi connectivity index (χ3v) is 4.91. The average molecular weight is 359 g/mol. The van der Waals surface area contributed by atoms with Crippen molar-refractivity contribution in [3.63, 3.8) is 0 Å². The van der Waals surface area contributed by atoms with E-state index in [1.165, 1.54) is 4.90 Å². The van der Waals surface area contributed by atoms with Crippen LogP contribution in [0.1, 0.15) is 44.1 Å². The molecule has 1 aliphatic carbocycles. The Morgan fingerprint density at radius 1 is 1.40 bits per heavy atom. The lowest BCUT2D eigenvalue weighted by atomic mass is 9.81. The van der Waals surface area contributed by atoms with Gasteiger partial charge in [0, 0.05) is 17.7 Å². The van der Waals surface area contributed by atoms with Gasteiger partial charge in [-0.15, -0.1) is 11.8 Å². The molecular formula is C20H25NO3S. The highest BCUT2D eigenvalue weighted by Crippen LogP contribution is 2.35. The van der Waals surface area contributed by atoms with E-state index >= 15 is 0 Å². The Morgan fingerprint density at radius 2 is 2.12 bits per heavy atom. The molecule has 0 aliphatic heterocycles. The molecule has 0 amide bonds. The largest absolute Gasteiger partial charge is 0.511 e. The van der Waals surface area contributed by atoms with Crippen LogP contribution in [0.3, 0.4) is 0 Å². The molecule has 2 rings (SSSR count). The van der Waals surface area contributed by atoms with E-state index in [0.29, 0.717) is 30.5 Å². The summed E-state index contributed by atoms with van der Waals surface area (Å²) in [6, 6.07) is 8.17. The summed E-state index contributed by atoms with van der Waals surface area (Å²) in [7, 11) is 0. The summed E-state index contributed by atoms with van der Waals surface area (Å²) >= 11 is 1.68. The highest BCUT2D eigenvalue weighted by atomic mass is 32.2. The maximum absolute atomic E-state index is 12.7. The summed E-state index contributed by atoms with van der Waals surface area (Å²) in [6.07, 6.45) is 5.86. The van der Waals surface area contributed by atoms with Crippen molar-refractivity contribution in [3.05, 3.63) is 53.8 Å². The number of nitrogens with zero attached hydrogens (tertiary/aromatic N) is 1. The van der Waals surface area contributed by atoms with Crippen LogP contribution in [0.25, 0.3) is 0 Å². The van der Waals surface area contributed by atoms with Gasteiger partial charge < -0.3 is 9.94 Å². The van der Waals surface area contributed by atoms with E-state index in [0.717, 1.165) is 12.0 Å². The molecule has 134 valence electrons. The predicted octanol–water partition coefficient (Wildman–Crippen LogP) is 5.03.